The van der Waals surface area contributed by atoms with E-state index in [2.05, 4.69) is 26.0 Å². The second-order valence-electron chi connectivity index (χ2n) is 4.41. The van der Waals surface area contributed by atoms with Crippen molar-refractivity contribution in [1.82, 2.24) is 0 Å². The van der Waals surface area contributed by atoms with Gasteiger partial charge < -0.3 is 0 Å². The predicted octanol–water partition coefficient (Wildman–Crippen LogP) is 4.85. The fraction of sp³-hybridized carbons (Fsp3) is 0.200. The summed E-state index contributed by atoms with van der Waals surface area (Å²) in [6, 6.07) is 17.1. The number of rotatable bonds is 3. The third kappa shape index (κ3) is 2.89. The van der Waals surface area contributed by atoms with Gasteiger partial charge in [-0.2, -0.15) is 0 Å². The largest absolute Gasteiger partial charge is 0.206 e. The van der Waals surface area contributed by atoms with E-state index in [4.69, 9.17) is 0 Å². The third-order valence-electron chi connectivity index (χ3n) is 2.67. The Labute approximate surface area is 106 Å². The first-order valence-corrected chi connectivity index (χ1v) is 6.40. The summed E-state index contributed by atoms with van der Waals surface area (Å²) in [6.07, 6.45) is 0. The van der Waals surface area contributed by atoms with Crippen LogP contribution in [0.15, 0.2) is 59.5 Å². The molecule has 0 aromatic heterocycles. The first kappa shape index (κ1) is 12.2. The molecule has 0 aliphatic rings. The highest BCUT2D eigenvalue weighted by Gasteiger charge is 2.22. The SMILES string of the molecule is CC(C)(Sc1ccccc1F)c1ccccc1. The summed E-state index contributed by atoms with van der Waals surface area (Å²) in [5.74, 6) is -0.151. The van der Waals surface area contributed by atoms with Crippen LogP contribution in [-0.4, -0.2) is 0 Å². The number of benzene rings is 2. The maximum Gasteiger partial charge on any atom is 0.136 e. The minimum atomic E-state index is -0.151. The van der Waals surface area contributed by atoms with E-state index >= 15 is 0 Å². The highest BCUT2D eigenvalue weighted by Crippen LogP contribution is 2.41. The quantitative estimate of drug-likeness (QED) is 0.697. The van der Waals surface area contributed by atoms with Gasteiger partial charge in [-0.15, -0.1) is 11.8 Å². The molecule has 0 saturated heterocycles. The molecule has 17 heavy (non-hydrogen) atoms. The normalized spacial score (nSPS) is 11.5. The summed E-state index contributed by atoms with van der Waals surface area (Å²) in [6.45, 7) is 4.22. The Kier molecular flexibility index (Phi) is 3.53. The molecule has 0 aliphatic heterocycles. The average Bonchev–Trinajstić information content (AvgIpc) is 2.33. The Morgan fingerprint density at radius 2 is 1.47 bits per heavy atom. The Balaban J connectivity index is 2.27. The van der Waals surface area contributed by atoms with Gasteiger partial charge in [-0.1, -0.05) is 42.5 Å². The van der Waals surface area contributed by atoms with Crippen LogP contribution in [0, 0.1) is 5.82 Å². The molecule has 0 fully saturated rings. The standard InChI is InChI=1S/C15H15FS/c1-15(2,12-8-4-3-5-9-12)17-14-11-7-6-10-13(14)16/h3-11H,1-2H3. The lowest BCUT2D eigenvalue weighted by molar-refractivity contribution is 0.600. The topological polar surface area (TPSA) is 0 Å². The van der Waals surface area contributed by atoms with Gasteiger partial charge in [0, 0.05) is 9.64 Å². The molecule has 0 nitrogen and oxygen atoms in total. The molecule has 88 valence electrons. The first-order valence-electron chi connectivity index (χ1n) is 5.59. The zero-order valence-electron chi connectivity index (χ0n) is 9.98. The predicted molar refractivity (Wildman–Crippen MR) is 71.7 cm³/mol. The van der Waals surface area contributed by atoms with E-state index in [1.807, 2.05) is 30.3 Å². The van der Waals surface area contributed by atoms with E-state index in [0.29, 0.717) is 4.90 Å². The van der Waals surface area contributed by atoms with Crippen molar-refractivity contribution in [2.24, 2.45) is 0 Å². The highest BCUT2D eigenvalue weighted by atomic mass is 32.2. The fourth-order valence-corrected chi connectivity index (χ4v) is 2.82. The van der Waals surface area contributed by atoms with Gasteiger partial charge in [-0.25, -0.2) is 4.39 Å². The summed E-state index contributed by atoms with van der Waals surface area (Å²) in [7, 11) is 0. The van der Waals surface area contributed by atoms with Crippen molar-refractivity contribution < 1.29 is 4.39 Å². The minimum Gasteiger partial charge on any atom is -0.206 e. The van der Waals surface area contributed by atoms with E-state index in [0.717, 1.165) is 0 Å². The lowest BCUT2D eigenvalue weighted by Gasteiger charge is -2.24. The zero-order valence-corrected chi connectivity index (χ0v) is 10.8. The zero-order chi connectivity index (χ0) is 12.3. The molecule has 2 rings (SSSR count). The van der Waals surface area contributed by atoms with E-state index in [-0.39, 0.29) is 10.6 Å². The third-order valence-corrected chi connectivity index (χ3v) is 3.97. The molecule has 0 atom stereocenters. The summed E-state index contributed by atoms with van der Waals surface area (Å²) in [5, 5.41) is 0. The van der Waals surface area contributed by atoms with E-state index in [1.165, 1.54) is 11.6 Å². The highest BCUT2D eigenvalue weighted by molar-refractivity contribution is 8.00. The van der Waals surface area contributed by atoms with Crippen molar-refractivity contribution in [3.8, 4) is 0 Å². The first-order chi connectivity index (χ1) is 8.09. The minimum absolute atomic E-state index is 0.135. The van der Waals surface area contributed by atoms with Crippen LogP contribution in [0.2, 0.25) is 0 Å². The van der Waals surface area contributed by atoms with Crippen molar-refractivity contribution in [2.45, 2.75) is 23.5 Å². The van der Waals surface area contributed by atoms with Gasteiger partial charge in [0.1, 0.15) is 5.82 Å². The Hall–Kier alpha value is -1.28. The fourth-order valence-electron chi connectivity index (χ4n) is 1.70. The molecule has 0 aliphatic carbocycles. The molecule has 0 N–H and O–H groups in total. The molecule has 0 radical (unpaired) electrons. The molecular weight excluding hydrogens is 231 g/mol. The van der Waals surface area contributed by atoms with Gasteiger partial charge in [-0.3, -0.25) is 0 Å². The number of hydrogen-bond acceptors (Lipinski definition) is 1. The molecule has 2 aromatic rings. The van der Waals surface area contributed by atoms with Crippen LogP contribution in [0.1, 0.15) is 19.4 Å². The van der Waals surface area contributed by atoms with Crippen LogP contribution in [0.25, 0.3) is 0 Å². The Morgan fingerprint density at radius 1 is 0.882 bits per heavy atom. The summed E-state index contributed by atoms with van der Waals surface area (Å²) >= 11 is 1.55. The van der Waals surface area contributed by atoms with Crippen LogP contribution in [0.4, 0.5) is 4.39 Å². The van der Waals surface area contributed by atoms with Gasteiger partial charge in [0.05, 0.1) is 0 Å². The molecule has 0 spiro atoms. The van der Waals surface area contributed by atoms with Crippen LogP contribution in [0.3, 0.4) is 0 Å². The van der Waals surface area contributed by atoms with E-state index in [9.17, 15) is 4.39 Å². The van der Waals surface area contributed by atoms with E-state index in [1.54, 1.807) is 17.8 Å². The molecule has 2 aromatic carbocycles. The van der Waals surface area contributed by atoms with Gasteiger partial charge in [0.15, 0.2) is 0 Å². The summed E-state index contributed by atoms with van der Waals surface area (Å²) in [4.78, 5) is 0.696. The Bertz CT molecular complexity index is 491. The summed E-state index contributed by atoms with van der Waals surface area (Å²) < 4.78 is 13.5. The van der Waals surface area contributed by atoms with E-state index < -0.39 is 0 Å². The number of thioether (sulfide) groups is 1. The number of halogens is 1. The summed E-state index contributed by atoms with van der Waals surface area (Å²) in [5.41, 5.74) is 1.20. The van der Waals surface area contributed by atoms with Crippen molar-refractivity contribution in [3.05, 3.63) is 66.0 Å². The van der Waals surface area contributed by atoms with Crippen LogP contribution in [-0.2, 0) is 4.75 Å². The molecule has 0 bridgehead atoms. The molecule has 0 amide bonds. The van der Waals surface area contributed by atoms with Crippen molar-refractivity contribution in [2.75, 3.05) is 0 Å². The van der Waals surface area contributed by atoms with Gasteiger partial charge in [0.2, 0.25) is 0 Å². The molecule has 0 unspecified atom stereocenters. The monoisotopic (exact) mass is 246 g/mol. The van der Waals surface area contributed by atoms with Crippen LogP contribution < -0.4 is 0 Å². The molecular formula is C15H15FS. The van der Waals surface area contributed by atoms with Crippen molar-refractivity contribution in [3.63, 3.8) is 0 Å². The Morgan fingerprint density at radius 3 is 2.12 bits per heavy atom. The van der Waals surface area contributed by atoms with Gasteiger partial charge in [0.25, 0.3) is 0 Å². The molecule has 2 heteroatoms. The van der Waals surface area contributed by atoms with Crippen molar-refractivity contribution >= 4 is 11.8 Å². The van der Waals surface area contributed by atoms with Crippen LogP contribution in [0.5, 0.6) is 0 Å². The van der Waals surface area contributed by atoms with Gasteiger partial charge >= 0.3 is 0 Å². The lowest BCUT2D eigenvalue weighted by atomic mass is 10.0. The second kappa shape index (κ2) is 4.92. The molecule has 0 heterocycles. The van der Waals surface area contributed by atoms with Crippen molar-refractivity contribution in [1.29, 1.82) is 0 Å². The maximum atomic E-state index is 13.6. The maximum absolute atomic E-state index is 13.6. The lowest BCUT2D eigenvalue weighted by Crippen LogP contribution is -2.11. The average molecular weight is 246 g/mol. The van der Waals surface area contributed by atoms with Crippen LogP contribution >= 0.6 is 11.8 Å². The smallest absolute Gasteiger partial charge is 0.136 e. The number of hydrogen-bond donors (Lipinski definition) is 0. The second-order valence-corrected chi connectivity index (χ2v) is 6.07. The van der Waals surface area contributed by atoms with Gasteiger partial charge in [-0.05, 0) is 31.5 Å². The molecule has 0 saturated carbocycles.